The van der Waals surface area contributed by atoms with Crippen molar-refractivity contribution < 1.29 is 4.79 Å². The van der Waals surface area contributed by atoms with Crippen LogP contribution in [0.4, 0.5) is 0 Å². The van der Waals surface area contributed by atoms with Crippen LogP contribution in [0.15, 0.2) is 11.4 Å². The molecular weight excluding hydrogens is 401 g/mol. The minimum atomic E-state index is 0.0807. The molecule has 0 saturated heterocycles. The van der Waals surface area contributed by atoms with Crippen molar-refractivity contribution in [2.24, 2.45) is 0 Å². The van der Waals surface area contributed by atoms with Gasteiger partial charge in [-0.15, -0.1) is 11.3 Å². The summed E-state index contributed by atoms with van der Waals surface area (Å²) in [5.74, 6) is 0.0807. The van der Waals surface area contributed by atoms with Crippen LogP contribution in [0.3, 0.4) is 0 Å². The van der Waals surface area contributed by atoms with Gasteiger partial charge in [-0.3, -0.25) is 4.79 Å². The van der Waals surface area contributed by atoms with E-state index in [9.17, 15) is 4.79 Å². The molecule has 16 heavy (non-hydrogen) atoms. The molecule has 5 heteroatoms. The lowest BCUT2D eigenvalue weighted by Crippen LogP contribution is -2.37. The van der Waals surface area contributed by atoms with E-state index in [1.54, 1.807) is 11.3 Å². The van der Waals surface area contributed by atoms with Crippen LogP contribution in [0.1, 0.15) is 36.0 Å². The molecule has 1 aliphatic carbocycles. The van der Waals surface area contributed by atoms with E-state index in [2.05, 4.69) is 43.8 Å². The maximum absolute atomic E-state index is 11.9. The van der Waals surface area contributed by atoms with Crippen molar-refractivity contribution in [3.8, 4) is 0 Å². The molecule has 1 aromatic heterocycles. The number of amides is 1. The number of hydrogen-bond donors (Lipinski definition) is 1. The molecule has 1 heterocycles. The van der Waals surface area contributed by atoms with Crippen LogP contribution in [0, 0.1) is 2.88 Å². The molecule has 1 fully saturated rings. The van der Waals surface area contributed by atoms with Gasteiger partial charge in [-0.2, -0.15) is 0 Å². The van der Waals surface area contributed by atoms with Gasteiger partial charge in [0.15, 0.2) is 0 Å². The van der Waals surface area contributed by atoms with Crippen LogP contribution < -0.4 is 5.32 Å². The summed E-state index contributed by atoms with van der Waals surface area (Å²) in [7, 11) is 0. The molecule has 2 nitrogen and oxygen atoms in total. The number of thiophene rings is 1. The van der Waals surface area contributed by atoms with Crippen LogP contribution >= 0.6 is 49.9 Å². The number of carbonyl (C=O) groups is 1. The lowest BCUT2D eigenvalue weighted by molar-refractivity contribution is 0.0928. The second-order valence-corrected chi connectivity index (χ2v) is 8.16. The van der Waals surface area contributed by atoms with Crippen molar-refractivity contribution in [2.75, 3.05) is 0 Å². The number of halogens is 2. The standard InChI is InChI=1S/C11H13BrINOS/c12-8-1-3-9(4-2-8)14-11(15)7-5-10(13)16-6-7/h5-6,8-9H,1-4H2,(H,14,15). The summed E-state index contributed by atoms with van der Waals surface area (Å²) in [4.78, 5) is 12.5. The first-order valence-corrected chi connectivity index (χ1v) is 8.21. The molecule has 1 aliphatic rings. The van der Waals surface area contributed by atoms with Crippen LogP contribution in [-0.4, -0.2) is 16.8 Å². The van der Waals surface area contributed by atoms with Crippen molar-refractivity contribution in [2.45, 2.75) is 36.6 Å². The first kappa shape index (κ1) is 12.8. The van der Waals surface area contributed by atoms with Crippen LogP contribution in [0.2, 0.25) is 0 Å². The van der Waals surface area contributed by atoms with Gasteiger partial charge in [0.05, 0.1) is 8.45 Å². The Morgan fingerprint density at radius 2 is 2.12 bits per heavy atom. The molecular formula is C11H13BrINOS. The van der Waals surface area contributed by atoms with E-state index in [1.165, 1.54) is 0 Å². The van der Waals surface area contributed by atoms with Gasteiger partial charge in [-0.1, -0.05) is 15.9 Å². The Morgan fingerprint density at radius 1 is 1.44 bits per heavy atom. The van der Waals surface area contributed by atoms with Crippen molar-refractivity contribution in [3.05, 3.63) is 19.9 Å². The van der Waals surface area contributed by atoms with Crippen molar-refractivity contribution in [3.63, 3.8) is 0 Å². The Morgan fingerprint density at radius 3 is 2.69 bits per heavy atom. The monoisotopic (exact) mass is 413 g/mol. The summed E-state index contributed by atoms with van der Waals surface area (Å²) >= 11 is 7.47. The Balaban J connectivity index is 1.88. The highest BCUT2D eigenvalue weighted by Crippen LogP contribution is 2.24. The molecule has 0 aromatic carbocycles. The number of nitrogens with one attached hydrogen (secondary N) is 1. The van der Waals surface area contributed by atoms with E-state index >= 15 is 0 Å². The largest absolute Gasteiger partial charge is 0.349 e. The number of hydrogen-bond acceptors (Lipinski definition) is 2. The van der Waals surface area contributed by atoms with Gasteiger partial charge in [0.25, 0.3) is 5.91 Å². The van der Waals surface area contributed by atoms with E-state index in [0.717, 1.165) is 34.1 Å². The van der Waals surface area contributed by atoms with Gasteiger partial charge in [0, 0.05) is 16.2 Å². The first-order valence-electron chi connectivity index (χ1n) is 5.34. The number of rotatable bonds is 2. The predicted octanol–water partition coefficient (Wildman–Crippen LogP) is 3.79. The van der Waals surface area contributed by atoms with E-state index in [-0.39, 0.29) is 5.91 Å². The molecule has 0 unspecified atom stereocenters. The first-order chi connectivity index (χ1) is 7.65. The zero-order valence-electron chi connectivity index (χ0n) is 8.71. The van der Waals surface area contributed by atoms with Crippen LogP contribution in [-0.2, 0) is 0 Å². The highest BCUT2D eigenvalue weighted by atomic mass is 127. The van der Waals surface area contributed by atoms with Crippen LogP contribution in [0.5, 0.6) is 0 Å². The molecule has 0 aliphatic heterocycles. The summed E-state index contributed by atoms with van der Waals surface area (Å²) in [6.45, 7) is 0. The zero-order chi connectivity index (χ0) is 11.5. The van der Waals surface area contributed by atoms with Gasteiger partial charge in [-0.25, -0.2) is 0 Å². The van der Waals surface area contributed by atoms with E-state index < -0.39 is 0 Å². The fourth-order valence-electron chi connectivity index (χ4n) is 1.89. The van der Waals surface area contributed by atoms with Crippen molar-refractivity contribution >= 4 is 55.8 Å². The third-order valence-electron chi connectivity index (χ3n) is 2.82. The van der Waals surface area contributed by atoms with Crippen molar-refractivity contribution in [1.82, 2.24) is 5.32 Å². The Hall–Kier alpha value is 0.380. The molecule has 0 spiro atoms. The highest BCUT2D eigenvalue weighted by molar-refractivity contribution is 14.1. The lowest BCUT2D eigenvalue weighted by Gasteiger charge is -2.25. The lowest BCUT2D eigenvalue weighted by atomic mass is 9.95. The second kappa shape index (κ2) is 5.82. The fraction of sp³-hybridized carbons (Fsp3) is 0.545. The fourth-order valence-corrected chi connectivity index (χ4v) is 3.75. The topological polar surface area (TPSA) is 29.1 Å². The summed E-state index contributed by atoms with van der Waals surface area (Å²) in [6.07, 6.45) is 4.49. The zero-order valence-corrected chi connectivity index (χ0v) is 13.3. The minimum Gasteiger partial charge on any atom is -0.349 e. The maximum Gasteiger partial charge on any atom is 0.252 e. The average molecular weight is 414 g/mol. The molecule has 0 bridgehead atoms. The van der Waals surface area contributed by atoms with Gasteiger partial charge in [0.2, 0.25) is 0 Å². The maximum atomic E-state index is 11.9. The third-order valence-corrected chi connectivity index (χ3v) is 5.53. The van der Waals surface area contributed by atoms with Crippen LogP contribution in [0.25, 0.3) is 0 Å². The molecule has 1 saturated carbocycles. The van der Waals surface area contributed by atoms with E-state index in [1.807, 2.05) is 11.4 Å². The Kier molecular flexibility index (Phi) is 4.66. The Bertz CT molecular complexity index is 374. The SMILES string of the molecule is O=C(NC1CCC(Br)CC1)c1csc(I)c1. The minimum absolute atomic E-state index is 0.0807. The van der Waals surface area contributed by atoms with Gasteiger partial charge in [-0.05, 0) is 54.3 Å². The third kappa shape index (κ3) is 3.43. The van der Waals surface area contributed by atoms with Gasteiger partial charge < -0.3 is 5.32 Å². The Labute approximate surface area is 121 Å². The van der Waals surface area contributed by atoms with E-state index in [4.69, 9.17) is 0 Å². The normalized spacial score (nSPS) is 25.4. The van der Waals surface area contributed by atoms with Gasteiger partial charge >= 0.3 is 0 Å². The molecule has 1 aromatic rings. The summed E-state index contributed by atoms with van der Waals surface area (Å²) in [5, 5.41) is 5.04. The van der Waals surface area contributed by atoms with E-state index in [0.29, 0.717) is 10.9 Å². The summed E-state index contributed by atoms with van der Waals surface area (Å²) < 4.78 is 1.16. The van der Waals surface area contributed by atoms with Gasteiger partial charge in [0.1, 0.15) is 0 Å². The highest BCUT2D eigenvalue weighted by Gasteiger charge is 2.21. The van der Waals surface area contributed by atoms with Crippen molar-refractivity contribution in [1.29, 1.82) is 0 Å². The second-order valence-electron chi connectivity index (χ2n) is 4.06. The molecule has 1 amide bonds. The molecule has 0 atom stereocenters. The predicted molar refractivity (Wildman–Crippen MR) is 79.5 cm³/mol. The summed E-state index contributed by atoms with van der Waals surface area (Å²) in [5.41, 5.74) is 0.801. The molecule has 88 valence electrons. The number of carbonyl (C=O) groups excluding carboxylic acids is 1. The smallest absolute Gasteiger partial charge is 0.252 e. The molecule has 0 radical (unpaired) electrons. The average Bonchev–Trinajstić information content (AvgIpc) is 2.68. The molecule has 1 N–H and O–H groups in total. The number of alkyl halides is 1. The summed E-state index contributed by atoms with van der Waals surface area (Å²) in [6, 6.07) is 2.30. The quantitative estimate of drug-likeness (QED) is 0.580. The molecule has 2 rings (SSSR count).